The summed E-state index contributed by atoms with van der Waals surface area (Å²) in [6.45, 7) is 1.29. The number of carbonyl (C=O) groups excluding carboxylic acids is 2. The number of esters is 1. The fraction of sp³-hybridized carbons (Fsp3) is 0.273. The molecule has 0 aromatic heterocycles. The molecule has 5 heteroatoms. The van der Waals surface area contributed by atoms with E-state index in [1.54, 1.807) is 0 Å². The van der Waals surface area contributed by atoms with Gasteiger partial charge >= 0.3 is 5.97 Å². The summed E-state index contributed by atoms with van der Waals surface area (Å²) in [5.74, 6) is -1.38. The number of ether oxygens (including phenoxy) is 1. The third kappa shape index (κ3) is 3.62. The number of ketones is 1. The van der Waals surface area contributed by atoms with Crippen molar-refractivity contribution in [1.82, 2.24) is 0 Å². The predicted molar refractivity (Wildman–Crippen MR) is 59.4 cm³/mol. The van der Waals surface area contributed by atoms with Crippen LogP contribution in [0.4, 0.5) is 4.39 Å². The standard InChI is InChI=1S/C11H11FO3.ClH/c1-7(13)9-4-3-8(5-10(9)12)6-11(14)15-2;/h3-5H,6H2,1-2H3;1H. The summed E-state index contributed by atoms with van der Waals surface area (Å²) in [6, 6.07) is 4.08. The Labute approximate surface area is 99.0 Å². The highest BCUT2D eigenvalue weighted by Crippen LogP contribution is 2.11. The molecule has 0 bridgehead atoms. The van der Waals surface area contributed by atoms with E-state index in [2.05, 4.69) is 4.74 Å². The second kappa shape index (κ2) is 6.23. The number of hydrogen-bond acceptors (Lipinski definition) is 3. The average molecular weight is 247 g/mol. The van der Waals surface area contributed by atoms with Crippen LogP contribution in [0.15, 0.2) is 18.2 Å². The molecule has 0 unspecified atom stereocenters. The Morgan fingerprint density at radius 3 is 2.44 bits per heavy atom. The number of halogens is 2. The third-order valence-corrected chi connectivity index (χ3v) is 1.99. The highest BCUT2D eigenvalue weighted by atomic mass is 35.5. The number of Topliss-reactive ketones (excluding diaryl/α,β-unsaturated/α-hetero) is 1. The van der Waals surface area contributed by atoms with Gasteiger partial charge < -0.3 is 4.74 Å². The molecule has 0 heterocycles. The lowest BCUT2D eigenvalue weighted by Gasteiger charge is -2.02. The van der Waals surface area contributed by atoms with Crippen LogP contribution in [0.3, 0.4) is 0 Å². The van der Waals surface area contributed by atoms with Crippen LogP contribution < -0.4 is 0 Å². The molecule has 3 nitrogen and oxygen atoms in total. The zero-order chi connectivity index (χ0) is 11.4. The Kier molecular flexibility index (Phi) is 5.67. The topological polar surface area (TPSA) is 43.4 Å². The van der Waals surface area contributed by atoms with Crippen LogP contribution in [0, 0.1) is 5.82 Å². The molecule has 1 rings (SSSR count). The highest BCUT2D eigenvalue weighted by molar-refractivity contribution is 5.94. The van der Waals surface area contributed by atoms with E-state index in [1.807, 2.05) is 0 Å². The minimum absolute atomic E-state index is 0. The number of methoxy groups -OCH3 is 1. The Hall–Kier alpha value is -1.42. The van der Waals surface area contributed by atoms with Crippen LogP contribution in [-0.4, -0.2) is 18.9 Å². The number of hydrogen-bond donors (Lipinski definition) is 0. The summed E-state index contributed by atoms with van der Waals surface area (Å²) < 4.78 is 17.7. The molecule has 16 heavy (non-hydrogen) atoms. The first-order valence-electron chi connectivity index (χ1n) is 4.40. The monoisotopic (exact) mass is 246 g/mol. The summed E-state index contributed by atoms with van der Waals surface area (Å²) in [5.41, 5.74) is 0.521. The van der Waals surface area contributed by atoms with E-state index >= 15 is 0 Å². The van der Waals surface area contributed by atoms with E-state index in [-0.39, 0.29) is 30.2 Å². The molecule has 0 spiro atoms. The Bertz CT molecular complexity index is 404. The molecule has 0 aliphatic rings. The van der Waals surface area contributed by atoms with Gasteiger partial charge in [0.15, 0.2) is 5.78 Å². The van der Waals surface area contributed by atoms with E-state index in [0.717, 1.165) is 0 Å². The van der Waals surface area contributed by atoms with Gasteiger partial charge in [0.1, 0.15) is 5.82 Å². The lowest BCUT2D eigenvalue weighted by Crippen LogP contribution is -2.06. The van der Waals surface area contributed by atoms with Gasteiger partial charge in [0.2, 0.25) is 0 Å². The minimum atomic E-state index is -0.607. The molecule has 88 valence electrons. The quantitative estimate of drug-likeness (QED) is 0.606. The second-order valence-electron chi connectivity index (χ2n) is 3.12. The molecule has 0 saturated carbocycles. The molecule has 1 aromatic rings. The maximum atomic E-state index is 13.3. The van der Waals surface area contributed by atoms with E-state index < -0.39 is 11.8 Å². The van der Waals surface area contributed by atoms with Gasteiger partial charge in [-0.1, -0.05) is 6.07 Å². The Morgan fingerprint density at radius 2 is 2.00 bits per heavy atom. The molecule has 0 amide bonds. The fourth-order valence-electron chi connectivity index (χ4n) is 1.19. The van der Waals surface area contributed by atoms with E-state index in [0.29, 0.717) is 5.56 Å². The van der Waals surface area contributed by atoms with Crippen molar-refractivity contribution >= 4 is 24.2 Å². The van der Waals surface area contributed by atoms with Gasteiger partial charge in [0.25, 0.3) is 0 Å². The number of carbonyl (C=O) groups is 2. The molecule has 0 atom stereocenters. The van der Waals surface area contributed by atoms with Crippen molar-refractivity contribution in [1.29, 1.82) is 0 Å². The minimum Gasteiger partial charge on any atom is -0.469 e. The van der Waals surface area contributed by atoms with Crippen molar-refractivity contribution in [3.05, 3.63) is 35.1 Å². The Balaban J connectivity index is 0.00000225. The SMILES string of the molecule is COC(=O)Cc1ccc(C(C)=O)c(F)c1.Cl. The van der Waals surface area contributed by atoms with E-state index in [4.69, 9.17) is 0 Å². The molecular weight excluding hydrogens is 235 g/mol. The van der Waals surface area contributed by atoms with Gasteiger partial charge in [-0.25, -0.2) is 4.39 Å². The zero-order valence-electron chi connectivity index (χ0n) is 8.95. The summed E-state index contributed by atoms with van der Waals surface area (Å²) in [7, 11) is 1.27. The molecule has 0 N–H and O–H groups in total. The van der Waals surface area contributed by atoms with Crippen LogP contribution in [0.1, 0.15) is 22.8 Å². The summed E-state index contributed by atoms with van der Waals surface area (Å²) in [5, 5.41) is 0. The highest BCUT2D eigenvalue weighted by Gasteiger charge is 2.09. The van der Waals surface area contributed by atoms with E-state index in [1.165, 1.54) is 32.2 Å². The number of rotatable bonds is 3. The first-order valence-corrected chi connectivity index (χ1v) is 4.40. The van der Waals surface area contributed by atoms with Crippen LogP contribution in [0.2, 0.25) is 0 Å². The molecule has 0 saturated heterocycles. The normalized spacial score (nSPS) is 9.19. The van der Waals surface area contributed by atoms with Gasteiger partial charge in [-0.3, -0.25) is 9.59 Å². The lowest BCUT2D eigenvalue weighted by molar-refractivity contribution is -0.139. The van der Waals surface area contributed by atoms with Crippen molar-refractivity contribution in [2.75, 3.05) is 7.11 Å². The van der Waals surface area contributed by atoms with Crippen molar-refractivity contribution in [2.24, 2.45) is 0 Å². The fourth-order valence-corrected chi connectivity index (χ4v) is 1.19. The average Bonchev–Trinajstić information content (AvgIpc) is 2.17. The second-order valence-corrected chi connectivity index (χ2v) is 3.12. The van der Waals surface area contributed by atoms with Crippen molar-refractivity contribution < 1.29 is 18.7 Å². The van der Waals surface area contributed by atoms with Gasteiger partial charge in [-0.2, -0.15) is 0 Å². The van der Waals surface area contributed by atoms with Gasteiger partial charge in [0, 0.05) is 0 Å². The largest absolute Gasteiger partial charge is 0.469 e. The molecule has 0 aliphatic carbocycles. The summed E-state index contributed by atoms with van der Waals surface area (Å²) >= 11 is 0. The van der Waals surface area contributed by atoms with E-state index in [9.17, 15) is 14.0 Å². The van der Waals surface area contributed by atoms with Gasteiger partial charge in [-0.05, 0) is 24.6 Å². The number of benzene rings is 1. The summed E-state index contributed by atoms with van der Waals surface area (Å²) in [4.78, 5) is 21.8. The lowest BCUT2D eigenvalue weighted by atomic mass is 10.1. The summed E-state index contributed by atoms with van der Waals surface area (Å²) in [6.07, 6.45) is 0.00556. The van der Waals surface area contributed by atoms with Gasteiger partial charge in [0.05, 0.1) is 19.1 Å². The Morgan fingerprint density at radius 1 is 1.38 bits per heavy atom. The van der Waals surface area contributed by atoms with Crippen LogP contribution in [0.5, 0.6) is 0 Å². The van der Waals surface area contributed by atoms with Crippen LogP contribution in [-0.2, 0) is 16.0 Å². The third-order valence-electron chi connectivity index (χ3n) is 1.99. The first-order chi connectivity index (χ1) is 7.04. The van der Waals surface area contributed by atoms with Crippen molar-refractivity contribution in [3.63, 3.8) is 0 Å². The first kappa shape index (κ1) is 14.6. The smallest absolute Gasteiger partial charge is 0.309 e. The molecule has 0 fully saturated rings. The van der Waals surface area contributed by atoms with Crippen molar-refractivity contribution in [3.8, 4) is 0 Å². The molecular formula is C11H12ClFO3. The van der Waals surface area contributed by atoms with Crippen LogP contribution in [0.25, 0.3) is 0 Å². The maximum Gasteiger partial charge on any atom is 0.309 e. The molecule has 1 aromatic carbocycles. The molecule has 0 radical (unpaired) electrons. The predicted octanol–water partition coefficient (Wildman–Crippen LogP) is 2.17. The van der Waals surface area contributed by atoms with Gasteiger partial charge in [-0.15, -0.1) is 12.4 Å². The zero-order valence-corrected chi connectivity index (χ0v) is 9.77. The van der Waals surface area contributed by atoms with Crippen molar-refractivity contribution in [2.45, 2.75) is 13.3 Å². The van der Waals surface area contributed by atoms with Crippen LogP contribution >= 0.6 is 12.4 Å². The molecule has 0 aliphatic heterocycles. The maximum absolute atomic E-state index is 13.3.